The van der Waals surface area contributed by atoms with E-state index >= 15 is 0 Å². The molecule has 0 aromatic heterocycles. The third kappa shape index (κ3) is 7.03. The summed E-state index contributed by atoms with van der Waals surface area (Å²) in [6.45, 7) is 3.22. The Morgan fingerprint density at radius 2 is 1.86 bits per heavy atom. The molecule has 2 aromatic carbocycles. The molecule has 2 aromatic rings. The predicted molar refractivity (Wildman–Crippen MR) is 119 cm³/mol. The first-order chi connectivity index (χ1) is 13.2. The van der Waals surface area contributed by atoms with Crippen LogP contribution in [0.25, 0.3) is 0 Å². The standard InChI is InChI=1S/C24H33NO2.ClH/c1-25-16-8-11-21(18-25)19-27-24-15-6-5-13-22(24)12-4-3-9-20-10-7-14-23(17-20)26-2;/h5-7,10,13-15,17,21H,3-4,8-9,11-12,16,18-19H2,1-2H3;1H/t21-;/m1./s1. The van der Waals surface area contributed by atoms with Crippen molar-refractivity contribution in [1.82, 2.24) is 4.90 Å². The summed E-state index contributed by atoms with van der Waals surface area (Å²) < 4.78 is 11.5. The molecule has 1 heterocycles. The number of hydrogen-bond donors (Lipinski definition) is 0. The van der Waals surface area contributed by atoms with Crippen molar-refractivity contribution in [3.05, 3.63) is 59.7 Å². The van der Waals surface area contributed by atoms with Crippen LogP contribution in [0.15, 0.2) is 48.5 Å². The number of halogens is 1. The van der Waals surface area contributed by atoms with E-state index < -0.39 is 0 Å². The van der Waals surface area contributed by atoms with Crippen LogP contribution >= 0.6 is 12.4 Å². The van der Waals surface area contributed by atoms with Gasteiger partial charge in [-0.05, 0) is 81.4 Å². The van der Waals surface area contributed by atoms with Crippen LogP contribution in [-0.4, -0.2) is 38.8 Å². The zero-order valence-corrected chi connectivity index (χ0v) is 18.0. The lowest BCUT2D eigenvalue weighted by Crippen LogP contribution is -2.34. The molecule has 1 atom stereocenters. The minimum absolute atomic E-state index is 0. The lowest BCUT2D eigenvalue weighted by Gasteiger charge is -2.29. The predicted octanol–water partition coefficient (Wildman–Crippen LogP) is 5.40. The molecule has 0 N–H and O–H groups in total. The van der Waals surface area contributed by atoms with Crippen LogP contribution in [-0.2, 0) is 12.8 Å². The first-order valence-electron chi connectivity index (χ1n) is 10.3. The van der Waals surface area contributed by atoms with Crippen molar-refractivity contribution in [3.8, 4) is 11.5 Å². The second-order valence-corrected chi connectivity index (χ2v) is 7.75. The highest BCUT2D eigenvalue weighted by atomic mass is 35.5. The van der Waals surface area contributed by atoms with Gasteiger partial charge >= 0.3 is 0 Å². The number of piperidine rings is 1. The van der Waals surface area contributed by atoms with Gasteiger partial charge in [0.2, 0.25) is 0 Å². The largest absolute Gasteiger partial charge is 0.497 e. The van der Waals surface area contributed by atoms with Gasteiger partial charge in [0, 0.05) is 12.5 Å². The highest BCUT2D eigenvalue weighted by Crippen LogP contribution is 2.23. The first kappa shape index (κ1) is 22.6. The maximum absolute atomic E-state index is 6.23. The Morgan fingerprint density at radius 3 is 2.68 bits per heavy atom. The monoisotopic (exact) mass is 403 g/mol. The van der Waals surface area contributed by atoms with Gasteiger partial charge in [-0.3, -0.25) is 0 Å². The van der Waals surface area contributed by atoms with E-state index in [1.165, 1.54) is 43.4 Å². The minimum Gasteiger partial charge on any atom is -0.497 e. The number of likely N-dealkylation sites (tertiary alicyclic amines) is 1. The number of nitrogens with zero attached hydrogens (tertiary/aromatic N) is 1. The molecule has 0 spiro atoms. The second kappa shape index (κ2) is 12.0. The Morgan fingerprint density at radius 1 is 1.04 bits per heavy atom. The molecule has 1 fully saturated rings. The second-order valence-electron chi connectivity index (χ2n) is 7.75. The lowest BCUT2D eigenvalue weighted by molar-refractivity contribution is 0.150. The summed E-state index contributed by atoms with van der Waals surface area (Å²) in [5.41, 5.74) is 2.69. The Kier molecular flexibility index (Phi) is 9.66. The topological polar surface area (TPSA) is 21.7 Å². The molecule has 1 aliphatic heterocycles. The molecule has 0 bridgehead atoms. The summed E-state index contributed by atoms with van der Waals surface area (Å²) in [5.74, 6) is 2.68. The molecule has 28 heavy (non-hydrogen) atoms. The van der Waals surface area contributed by atoms with Gasteiger partial charge in [0.15, 0.2) is 0 Å². The van der Waals surface area contributed by atoms with Gasteiger partial charge in [-0.15, -0.1) is 12.4 Å². The van der Waals surface area contributed by atoms with Crippen molar-refractivity contribution in [1.29, 1.82) is 0 Å². The average Bonchev–Trinajstić information content (AvgIpc) is 2.70. The van der Waals surface area contributed by atoms with Crippen molar-refractivity contribution in [2.24, 2.45) is 5.92 Å². The summed E-state index contributed by atoms with van der Waals surface area (Å²) in [4.78, 5) is 2.42. The molecule has 0 amide bonds. The summed E-state index contributed by atoms with van der Waals surface area (Å²) >= 11 is 0. The van der Waals surface area contributed by atoms with E-state index in [4.69, 9.17) is 9.47 Å². The zero-order valence-electron chi connectivity index (χ0n) is 17.2. The van der Waals surface area contributed by atoms with Crippen LogP contribution in [0.4, 0.5) is 0 Å². The molecule has 0 aliphatic carbocycles. The van der Waals surface area contributed by atoms with E-state index in [1.54, 1.807) is 7.11 Å². The summed E-state index contributed by atoms with van der Waals surface area (Å²) in [6, 6.07) is 16.9. The van der Waals surface area contributed by atoms with Crippen LogP contribution in [0, 0.1) is 5.92 Å². The number of rotatable bonds is 9. The van der Waals surface area contributed by atoms with E-state index in [-0.39, 0.29) is 12.4 Å². The number of aryl methyl sites for hydroxylation is 2. The van der Waals surface area contributed by atoms with Crippen molar-refractivity contribution < 1.29 is 9.47 Å². The summed E-state index contributed by atoms with van der Waals surface area (Å²) in [7, 11) is 3.93. The van der Waals surface area contributed by atoms with E-state index in [1.807, 2.05) is 6.07 Å². The summed E-state index contributed by atoms with van der Waals surface area (Å²) in [6.07, 6.45) is 7.08. The van der Waals surface area contributed by atoms with Crippen LogP contribution in [0.5, 0.6) is 11.5 Å². The molecule has 1 aliphatic rings. The Balaban J connectivity index is 0.00000280. The van der Waals surface area contributed by atoms with Crippen LogP contribution in [0.2, 0.25) is 0 Å². The van der Waals surface area contributed by atoms with Crippen molar-refractivity contribution in [3.63, 3.8) is 0 Å². The lowest BCUT2D eigenvalue weighted by atomic mass is 9.99. The smallest absolute Gasteiger partial charge is 0.122 e. The fourth-order valence-corrected chi connectivity index (χ4v) is 3.94. The quantitative estimate of drug-likeness (QED) is 0.523. The van der Waals surface area contributed by atoms with E-state index in [2.05, 4.69) is 54.4 Å². The maximum Gasteiger partial charge on any atom is 0.122 e. The number of methoxy groups -OCH3 is 1. The van der Waals surface area contributed by atoms with Crippen molar-refractivity contribution in [2.75, 3.05) is 33.9 Å². The minimum atomic E-state index is 0. The number of para-hydroxylation sites is 1. The molecule has 0 unspecified atom stereocenters. The highest BCUT2D eigenvalue weighted by Gasteiger charge is 2.18. The van der Waals surface area contributed by atoms with Gasteiger partial charge in [0.1, 0.15) is 11.5 Å². The van der Waals surface area contributed by atoms with Crippen LogP contribution in [0.1, 0.15) is 36.8 Å². The van der Waals surface area contributed by atoms with Gasteiger partial charge in [0.25, 0.3) is 0 Å². The van der Waals surface area contributed by atoms with Crippen LogP contribution < -0.4 is 9.47 Å². The Hall–Kier alpha value is -1.71. The molecule has 4 heteroatoms. The Bertz CT molecular complexity index is 707. The molecule has 0 saturated carbocycles. The third-order valence-corrected chi connectivity index (χ3v) is 5.46. The molecule has 154 valence electrons. The SMILES string of the molecule is COc1cccc(CCCCc2ccccc2OC[C@@H]2CCCN(C)C2)c1.Cl. The van der Waals surface area contributed by atoms with Gasteiger partial charge in [-0.1, -0.05) is 30.3 Å². The fourth-order valence-electron chi connectivity index (χ4n) is 3.94. The molecule has 3 nitrogen and oxygen atoms in total. The van der Waals surface area contributed by atoms with Gasteiger partial charge in [-0.25, -0.2) is 0 Å². The normalized spacial score (nSPS) is 17.0. The Labute approximate surface area is 176 Å². The maximum atomic E-state index is 6.23. The van der Waals surface area contributed by atoms with E-state index in [9.17, 15) is 0 Å². The number of ether oxygens (including phenoxy) is 2. The molecule has 0 radical (unpaired) electrons. The van der Waals surface area contributed by atoms with E-state index in [0.29, 0.717) is 5.92 Å². The average molecular weight is 404 g/mol. The molecular weight excluding hydrogens is 370 g/mol. The first-order valence-corrected chi connectivity index (χ1v) is 10.3. The number of hydrogen-bond acceptors (Lipinski definition) is 3. The van der Waals surface area contributed by atoms with Gasteiger partial charge < -0.3 is 14.4 Å². The molecule has 3 rings (SSSR count). The summed E-state index contributed by atoms with van der Waals surface area (Å²) in [5, 5.41) is 0. The highest BCUT2D eigenvalue weighted by molar-refractivity contribution is 5.85. The van der Waals surface area contributed by atoms with Crippen molar-refractivity contribution in [2.45, 2.75) is 38.5 Å². The van der Waals surface area contributed by atoms with E-state index in [0.717, 1.165) is 37.5 Å². The van der Waals surface area contributed by atoms with Crippen LogP contribution in [0.3, 0.4) is 0 Å². The molecule has 1 saturated heterocycles. The number of unbranched alkanes of at least 4 members (excludes halogenated alkanes) is 1. The number of benzene rings is 2. The van der Waals surface area contributed by atoms with Gasteiger partial charge in [-0.2, -0.15) is 0 Å². The molecular formula is C24H34ClNO2. The van der Waals surface area contributed by atoms with Gasteiger partial charge in [0.05, 0.1) is 13.7 Å². The fraction of sp³-hybridized carbons (Fsp3) is 0.500. The zero-order chi connectivity index (χ0) is 18.9. The third-order valence-electron chi connectivity index (χ3n) is 5.46. The van der Waals surface area contributed by atoms with Crippen molar-refractivity contribution >= 4 is 12.4 Å².